The van der Waals surface area contributed by atoms with Crippen LogP contribution in [-0.4, -0.2) is 32.3 Å². The maximum absolute atomic E-state index is 2.55. The molecule has 0 aromatic rings. The topological polar surface area (TPSA) is 0 Å². The predicted molar refractivity (Wildman–Crippen MR) is 139 cm³/mol. The Morgan fingerprint density at radius 2 is 1.15 bits per heavy atom. The average molecular weight is 467 g/mol. The van der Waals surface area contributed by atoms with Gasteiger partial charge in [0.25, 0.3) is 0 Å². The van der Waals surface area contributed by atoms with E-state index in [1.165, 1.54) is 0 Å². The fraction of sp³-hybridized carbons (Fsp3) is 0.818. The maximum Gasteiger partial charge on any atom is 1.00 e. The summed E-state index contributed by atoms with van der Waals surface area (Å²) in [6.07, 6.45) is 12.0. The van der Waals surface area contributed by atoms with Gasteiger partial charge in [0.15, 0.2) is 0 Å². The third-order valence-corrected chi connectivity index (χ3v) is 17.0. The third kappa shape index (κ3) is 9.77. The first-order valence-electron chi connectivity index (χ1n) is 10.8. The van der Waals surface area contributed by atoms with E-state index in [0.717, 1.165) is 16.6 Å². The molecule has 0 aromatic heterocycles. The van der Waals surface area contributed by atoms with Crippen molar-refractivity contribution in [3.05, 3.63) is 23.4 Å². The minimum Gasteiger partial charge on any atom is -1.00 e. The molecule has 0 spiro atoms. The number of hydrogen-bond acceptors (Lipinski definition) is 0. The summed E-state index contributed by atoms with van der Waals surface area (Å²) in [5.41, 5.74) is 3.04. The van der Waals surface area contributed by atoms with E-state index in [4.69, 9.17) is 0 Å². The molecular formula is C22H51KSi4. The molecule has 2 aliphatic rings. The van der Waals surface area contributed by atoms with Crippen LogP contribution in [0, 0.1) is 0 Å². The van der Waals surface area contributed by atoms with Crippen molar-refractivity contribution in [2.24, 2.45) is 0 Å². The van der Waals surface area contributed by atoms with Crippen molar-refractivity contribution in [3.63, 3.8) is 0 Å². The minimum absolute atomic E-state index is 0. The van der Waals surface area contributed by atoms with Gasteiger partial charge in [-0.1, -0.05) is 121 Å². The Hall–Kier alpha value is 1.98. The fourth-order valence-corrected chi connectivity index (χ4v) is 11.2. The van der Waals surface area contributed by atoms with Crippen molar-refractivity contribution in [3.8, 4) is 0 Å². The summed E-state index contributed by atoms with van der Waals surface area (Å²) in [5, 5.41) is 1.65. The Morgan fingerprint density at radius 1 is 0.741 bits per heavy atom. The van der Waals surface area contributed by atoms with Crippen molar-refractivity contribution >= 4 is 32.3 Å². The molecule has 0 aliphatic heterocycles. The van der Waals surface area contributed by atoms with Crippen LogP contribution in [0.25, 0.3) is 0 Å². The quantitative estimate of drug-likeness (QED) is 0.444. The summed E-state index contributed by atoms with van der Waals surface area (Å²) in [7, 11) is -3.68. The zero-order valence-electron chi connectivity index (χ0n) is 22.1. The molecule has 0 heterocycles. The van der Waals surface area contributed by atoms with Crippen LogP contribution < -0.4 is 51.4 Å². The van der Waals surface area contributed by atoms with Gasteiger partial charge in [-0.15, -0.1) is 0 Å². The van der Waals surface area contributed by atoms with Crippen molar-refractivity contribution in [1.82, 2.24) is 0 Å². The number of hydrogen-bond donors (Lipinski definition) is 0. The van der Waals surface area contributed by atoms with Gasteiger partial charge in [-0.05, 0) is 16.6 Å². The van der Waals surface area contributed by atoms with E-state index in [0.29, 0.717) is 0 Å². The summed E-state index contributed by atoms with van der Waals surface area (Å²) in [6.45, 7) is 29.9. The van der Waals surface area contributed by atoms with Gasteiger partial charge in [0.2, 0.25) is 0 Å². The first-order chi connectivity index (χ1) is 11.4. The third-order valence-electron chi connectivity index (χ3n) is 6.59. The normalized spacial score (nSPS) is 26.2. The molecule has 0 bridgehead atoms. The second kappa shape index (κ2) is 10.5. The van der Waals surface area contributed by atoms with Crippen LogP contribution in [0.4, 0.5) is 0 Å². The molecular weight excluding hydrogens is 416 g/mol. The Morgan fingerprint density at radius 3 is 1.33 bits per heavy atom. The maximum atomic E-state index is 2.55. The summed E-state index contributed by atoms with van der Waals surface area (Å²) < 4.78 is 0. The van der Waals surface area contributed by atoms with E-state index in [9.17, 15) is 0 Å². The van der Waals surface area contributed by atoms with Crippen LogP contribution in [0.5, 0.6) is 0 Å². The Bertz CT molecular complexity index is 515. The molecule has 3 unspecified atom stereocenters. The van der Waals surface area contributed by atoms with Crippen LogP contribution in [0.1, 0.15) is 22.1 Å². The molecule has 0 nitrogen and oxygen atoms in total. The van der Waals surface area contributed by atoms with Gasteiger partial charge in [0, 0.05) is 17.6 Å². The van der Waals surface area contributed by atoms with Gasteiger partial charge in [0.1, 0.15) is 0 Å². The Labute approximate surface area is 221 Å². The van der Waals surface area contributed by atoms with E-state index >= 15 is 0 Å². The zero-order valence-corrected chi connectivity index (χ0v) is 28.2. The Balaban J connectivity index is -0.000000422. The van der Waals surface area contributed by atoms with Gasteiger partial charge in [-0.3, -0.25) is 0 Å². The SMILES string of the molecule is C[Si](C)(C)C1=CC([Si](C)(C)C)C=C1.C[Si](C)(C)C1CCC([Si](C)(C)C)C1.[H-].[HH].[K+]. The van der Waals surface area contributed by atoms with Gasteiger partial charge >= 0.3 is 51.4 Å². The molecule has 27 heavy (non-hydrogen) atoms. The molecule has 3 atom stereocenters. The van der Waals surface area contributed by atoms with Crippen LogP contribution in [0.3, 0.4) is 0 Å². The number of rotatable bonds is 4. The van der Waals surface area contributed by atoms with Crippen molar-refractivity contribution < 1.29 is 54.2 Å². The monoisotopic (exact) mass is 466 g/mol. The molecule has 0 N–H and O–H groups in total. The van der Waals surface area contributed by atoms with Gasteiger partial charge in [-0.25, -0.2) is 0 Å². The number of allylic oxidation sites excluding steroid dienone is 4. The average Bonchev–Trinajstić information content (AvgIpc) is 3.06. The first kappa shape index (κ1) is 29.0. The molecule has 0 radical (unpaired) electrons. The van der Waals surface area contributed by atoms with Crippen LogP contribution in [0.15, 0.2) is 23.4 Å². The molecule has 2 aliphatic carbocycles. The molecule has 0 saturated heterocycles. The van der Waals surface area contributed by atoms with E-state index in [1.807, 2.05) is 0 Å². The first-order valence-corrected chi connectivity index (χ1v) is 25.1. The fourth-order valence-electron chi connectivity index (χ4n) is 4.11. The predicted octanol–water partition coefficient (Wildman–Crippen LogP) is 6.02. The van der Waals surface area contributed by atoms with Crippen molar-refractivity contribution in [2.45, 2.75) is 114 Å². The second-order valence-corrected chi connectivity index (χ2v) is 34.6. The van der Waals surface area contributed by atoms with E-state index < -0.39 is 32.3 Å². The standard InChI is InChI=1S/C11H26Si2.C11H22Si2.K.H2.H/c2*1-12(2,3)10-7-8-11(9-10)13(4,5)6;;;/h10-11H,7-9H2,1-6H3;7-10H,1-6H3;;1H;/q;;+1;;-1. The van der Waals surface area contributed by atoms with Gasteiger partial charge in [-0.2, -0.15) is 0 Å². The zero-order chi connectivity index (χ0) is 20.6. The van der Waals surface area contributed by atoms with Gasteiger partial charge < -0.3 is 1.43 Å². The second-order valence-electron chi connectivity index (χ2n) is 13.1. The molecule has 1 saturated carbocycles. The summed E-state index contributed by atoms with van der Waals surface area (Å²) in [5.74, 6) is 0. The van der Waals surface area contributed by atoms with Crippen molar-refractivity contribution in [1.29, 1.82) is 0 Å². The van der Waals surface area contributed by atoms with Crippen molar-refractivity contribution in [2.75, 3.05) is 0 Å². The van der Waals surface area contributed by atoms with E-state index in [2.05, 4.69) is 96.8 Å². The largest absolute Gasteiger partial charge is 1.00 e. The molecule has 0 amide bonds. The molecule has 2 rings (SSSR count). The smallest absolute Gasteiger partial charge is 1.00 e. The molecule has 156 valence electrons. The van der Waals surface area contributed by atoms with Crippen LogP contribution in [0.2, 0.25) is 95.2 Å². The Kier molecular flexibility index (Phi) is 11.3. The van der Waals surface area contributed by atoms with Crippen LogP contribution in [-0.2, 0) is 0 Å². The molecule has 1 fully saturated rings. The summed E-state index contributed by atoms with van der Waals surface area (Å²) >= 11 is 0. The van der Waals surface area contributed by atoms with Crippen LogP contribution >= 0.6 is 0 Å². The molecule has 5 heteroatoms. The summed E-state index contributed by atoms with van der Waals surface area (Å²) in [6, 6.07) is 0. The van der Waals surface area contributed by atoms with Gasteiger partial charge in [0.05, 0.1) is 16.1 Å². The summed E-state index contributed by atoms with van der Waals surface area (Å²) in [4.78, 5) is 0. The van der Waals surface area contributed by atoms with E-state index in [-0.39, 0.29) is 54.2 Å². The minimum atomic E-state index is -1.05. The molecule has 0 aromatic carbocycles. The van der Waals surface area contributed by atoms with E-state index in [1.54, 1.807) is 24.5 Å².